The zero-order valence-electron chi connectivity index (χ0n) is 11.2. The van der Waals surface area contributed by atoms with Gasteiger partial charge in [-0.15, -0.1) is 0 Å². The van der Waals surface area contributed by atoms with Crippen LogP contribution < -0.4 is 16.6 Å². The Hall–Kier alpha value is -1.82. The van der Waals surface area contributed by atoms with Crippen LogP contribution in [0.1, 0.15) is 29.0 Å². The van der Waals surface area contributed by atoms with Crippen LogP contribution in [-0.2, 0) is 0 Å². The molecule has 21 heavy (non-hydrogen) atoms. The molecule has 1 atom stereocenters. The highest BCUT2D eigenvalue weighted by molar-refractivity contribution is 6.33. The lowest BCUT2D eigenvalue weighted by atomic mass is 10.1. The first-order chi connectivity index (χ1) is 10.0. The van der Waals surface area contributed by atoms with Crippen LogP contribution >= 0.6 is 23.2 Å². The number of carbonyl (C=O) groups is 1. The number of nitrogen functional groups attached to an aromatic ring is 1. The van der Waals surface area contributed by atoms with Crippen molar-refractivity contribution in [2.24, 2.45) is 5.84 Å². The number of nitrogens with one attached hydrogen (secondary N) is 2. The third-order valence-corrected chi connectivity index (χ3v) is 3.45. The SMILES string of the molecule is CC(NC(=O)c1nc(NN)ccc1Cl)c1cccc(Cl)c1. The Morgan fingerprint density at radius 1 is 1.29 bits per heavy atom. The summed E-state index contributed by atoms with van der Waals surface area (Å²) in [6.45, 7) is 1.85. The van der Waals surface area contributed by atoms with E-state index in [4.69, 9.17) is 29.0 Å². The normalized spacial score (nSPS) is 11.8. The third-order valence-electron chi connectivity index (χ3n) is 2.91. The maximum atomic E-state index is 12.2. The van der Waals surface area contributed by atoms with Gasteiger partial charge in [-0.3, -0.25) is 4.79 Å². The number of rotatable bonds is 4. The lowest BCUT2D eigenvalue weighted by Crippen LogP contribution is -2.28. The van der Waals surface area contributed by atoms with Crippen molar-refractivity contribution in [3.8, 4) is 0 Å². The van der Waals surface area contributed by atoms with Crippen LogP contribution in [0, 0.1) is 0 Å². The summed E-state index contributed by atoms with van der Waals surface area (Å²) in [4.78, 5) is 16.3. The number of hydrazine groups is 1. The molecule has 4 N–H and O–H groups in total. The molecule has 0 aliphatic carbocycles. The summed E-state index contributed by atoms with van der Waals surface area (Å²) in [5.74, 6) is 5.25. The molecule has 0 saturated carbocycles. The van der Waals surface area contributed by atoms with E-state index in [1.54, 1.807) is 24.3 Å². The fourth-order valence-electron chi connectivity index (χ4n) is 1.81. The average molecular weight is 325 g/mol. The van der Waals surface area contributed by atoms with E-state index < -0.39 is 0 Å². The van der Waals surface area contributed by atoms with Gasteiger partial charge < -0.3 is 10.7 Å². The molecule has 0 saturated heterocycles. The number of carbonyl (C=O) groups excluding carboxylic acids is 1. The van der Waals surface area contributed by atoms with Crippen LogP contribution in [0.15, 0.2) is 36.4 Å². The monoisotopic (exact) mass is 324 g/mol. The Balaban J connectivity index is 2.18. The summed E-state index contributed by atoms with van der Waals surface area (Å²) in [5, 5.41) is 3.68. The molecular formula is C14H14Cl2N4O. The Bertz CT molecular complexity index is 663. The number of aromatic nitrogens is 1. The van der Waals surface area contributed by atoms with Gasteiger partial charge in [-0.25, -0.2) is 10.8 Å². The number of hydrogen-bond acceptors (Lipinski definition) is 4. The van der Waals surface area contributed by atoms with Crippen molar-refractivity contribution in [1.82, 2.24) is 10.3 Å². The quantitative estimate of drug-likeness (QED) is 0.596. The van der Waals surface area contributed by atoms with Crippen LogP contribution in [0.25, 0.3) is 0 Å². The van der Waals surface area contributed by atoms with Crippen molar-refractivity contribution in [2.75, 3.05) is 5.43 Å². The molecule has 110 valence electrons. The molecular weight excluding hydrogens is 311 g/mol. The molecule has 1 aromatic carbocycles. The highest BCUT2D eigenvalue weighted by Gasteiger charge is 2.16. The Labute approximate surface area is 132 Å². The van der Waals surface area contributed by atoms with Gasteiger partial charge in [0.1, 0.15) is 11.5 Å². The summed E-state index contributed by atoms with van der Waals surface area (Å²) < 4.78 is 0. The van der Waals surface area contributed by atoms with Gasteiger partial charge >= 0.3 is 0 Å². The van der Waals surface area contributed by atoms with E-state index in [1.165, 1.54) is 0 Å². The molecule has 0 aliphatic rings. The van der Waals surface area contributed by atoms with E-state index in [2.05, 4.69) is 15.7 Å². The minimum absolute atomic E-state index is 0.112. The van der Waals surface area contributed by atoms with Gasteiger partial charge in [0.2, 0.25) is 0 Å². The van der Waals surface area contributed by atoms with Crippen molar-refractivity contribution in [3.63, 3.8) is 0 Å². The zero-order chi connectivity index (χ0) is 15.4. The van der Waals surface area contributed by atoms with E-state index in [-0.39, 0.29) is 22.7 Å². The van der Waals surface area contributed by atoms with Crippen LogP contribution in [0.5, 0.6) is 0 Å². The van der Waals surface area contributed by atoms with Gasteiger partial charge in [0.15, 0.2) is 0 Å². The summed E-state index contributed by atoms with van der Waals surface area (Å²) in [6.07, 6.45) is 0. The van der Waals surface area contributed by atoms with E-state index in [1.807, 2.05) is 19.1 Å². The predicted molar refractivity (Wildman–Crippen MR) is 84.4 cm³/mol. The lowest BCUT2D eigenvalue weighted by molar-refractivity contribution is 0.0935. The molecule has 1 aromatic heterocycles. The Kier molecular flexibility index (Phi) is 5.01. The molecule has 1 heterocycles. The van der Waals surface area contributed by atoms with Gasteiger partial charge in [0, 0.05) is 5.02 Å². The molecule has 0 radical (unpaired) electrons. The van der Waals surface area contributed by atoms with E-state index in [0.717, 1.165) is 5.56 Å². The molecule has 2 aromatic rings. The topological polar surface area (TPSA) is 80.0 Å². The number of anilines is 1. The smallest absolute Gasteiger partial charge is 0.271 e. The standard InChI is InChI=1S/C14H14Cl2N4O/c1-8(9-3-2-4-10(15)7-9)18-14(21)13-11(16)5-6-12(19-13)20-17/h2-8H,17H2,1H3,(H,18,21)(H,19,20). The number of halogens is 2. The molecule has 5 nitrogen and oxygen atoms in total. The van der Waals surface area contributed by atoms with Crippen LogP contribution in [0.2, 0.25) is 10.0 Å². The first-order valence-electron chi connectivity index (χ1n) is 6.20. The Morgan fingerprint density at radius 3 is 2.71 bits per heavy atom. The lowest BCUT2D eigenvalue weighted by Gasteiger charge is -2.15. The third kappa shape index (κ3) is 3.85. The van der Waals surface area contributed by atoms with E-state index in [0.29, 0.717) is 10.8 Å². The second-order valence-corrected chi connectivity index (χ2v) is 5.27. The molecule has 0 bridgehead atoms. The summed E-state index contributed by atoms with van der Waals surface area (Å²) in [5.41, 5.74) is 3.38. The maximum Gasteiger partial charge on any atom is 0.271 e. The van der Waals surface area contributed by atoms with E-state index >= 15 is 0 Å². The number of hydrogen-bond donors (Lipinski definition) is 3. The average Bonchev–Trinajstić information content (AvgIpc) is 2.47. The van der Waals surface area contributed by atoms with Gasteiger partial charge in [-0.2, -0.15) is 0 Å². The highest BCUT2D eigenvalue weighted by atomic mass is 35.5. The van der Waals surface area contributed by atoms with Gasteiger partial charge in [0.25, 0.3) is 5.91 Å². The fraction of sp³-hybridized carbons (Fsp3) is 0.143. The van der Waals surface area contributed by atoms with Crippen molar-refractivity contribution in [2.45, 2.75) is 13.0 Å². The van der Waals surface area contributed by atoms with Crippen molar-refractivity contribution < 1.29 is 4.79 Å². The number of benzene rings is 1. The molecule has 1 amide bonds. The fourth-order valence-corrected chi connectivity index (χ4v) is 2.20. The minimum Gasteiger partial charge on any atom is -0.344 e. The molecule has 0 spiro atoms. The second kappa shape index (κ2) is 6.76. The molecule has 1 unspecified atom stereocenters. The van der Waals surface area contributed by atoms with Crippen molar-refractivity contribution in [1.29, 1.82) is 0 Å². The summed E-state index contributed by atoms with van der Waals surface area (Å²) >= 11 is 11.9. The summed E-state index contributed by atoms with van der Waals surface area (Å²) in [7, 11) is 0. The first kappa shape index (κ1) is 15.6. The van der Waals surface area contributed by atoms with Crippen molar-refractivity contribution >= 4 is 34.9 Å². The predicted octanol–water partition coefficient (Wildman–Crippen LogP) is 3.17. The van der Waals surface area contributed by atoms with Gasteiger partial charge in [-0.05, 0) is 36.8 Å². The molecule has 0 fully saturated rings. The number of nitrogens with two attached hydrogens (primary N) is 1. The van der Waals surface area contributed by atoms with Crippen LogP contribution in [0.4, 0.5) is 5.82 Å². The highest BCUT2D eigenvalue weighted by Crippen LogP contribution is 2.20. The van der Waals surface area contributed by atoms with Gasteiger partial charge in [-0.1, -0.05) is 35.3 Å². The first-order valence-corrected chi connectivity index (χ1v) is 6.96. The second-order valence-electron chi connectivity index (χ2n) is 4.42. The largest absolute Gasteiger partial charge is 0.344 e. The van der Waals surface area contributed by atoms with Crippen LogP contribution in [-0.4, -0.2) is 10.9 Å². The maximum absolute atomic E-state index is 12.2. The molecule has 2 rings (SSSR count). The molecule has 7 heteroatoms. The van der Waals surface area contributed by atoms with E-state index in [9.17, 15) is 4.79 Å². The minimum atomic E-state index is -0.385. The van der Waals surface area contributed by atoms with Crippen molar-refractivity contribution in [3.05, 3.63) is 57.7 Å². The summed E-state index contributed by atoms with van der Waals surface area (Å²) in [6, 6.07) is 10.2. The number of amides is 1. The zero-order valence-corrected chi connectivity index (χ0v) is 12.7. The number of pyridine rings is 1. The Morgan fingerprint density at radius 2 is 2.05 bits per heavy atom. The molecule has 0 aliphatic heterocycles. The number of nitrogens with zero attached hydrogens (tertiary/aromatic N) is 1. The van der Waals surface area contributed by atoms with Gasteiger partial charge in [0.05, 0.1) is 11.1 Å². The van der Waals surface area contributed by atoms with Crippen LogP contribution in [0.3, 0.4) is 0 Å².